The number of benzene rings is 2. The number of carbonyl (C=O) groups excluding carboxylic acids is 1. The van der Waals surface area contributed by atoms with Crippen molar-refractivity contribution in [2.45, 2.75) is 58.5 Å². The maximum absolute atomic E-state index is 12.8. The average molecular weight is 395 g/mol. The van der Waals surface area contributed by atoms with E-state index in [9.17, 15) is 4.79 Å². The molecule has 0 spiro atoms. The lowest BCUT2D eigenvalue weighted by Gasteiger charge is -2.20. The van der Waals surface area contributed by atoms with Crippen LogP contribution in [0.25, 0.3) is 0 Å². The van der Waals surface area contributed by atoms with Gasteiger partial charge >= 0.3 is 0 Å². The largest absolute Gasteiger partial charge is 0.496 e. The third-order valence-corrected chi connectivity index (χ3v) is 5.86. The smallest absolute Gasteiger partial charge is 0.251 e. The lowest BCUT2D eigenvalue weighted by Crippen LogP contribution is -2.28. The summed E-state index contributed by atoms with van der Waals surface area (Å²) in [6.45, 7) is 7.46. The average Bonchev–Trinajstić information content (AvgIpc) is 3.01. The van der Waals surface area contributed by atoms with Gasteiger partial charge in [0.15, 0.2) is 0 Å². The summed E-state index contributed by atoms with van der Waals surface area (Å²) in [6.07, 6.45) is 6.13. The molecule has 4 nitrogen and oxygen atoms in total. The van der Waals surface area contributed by atoms with Crippen molar-refractivity contribution in [1.29, 1.82) is 0 Å². The zero-order chi connectivity index (χ0) is 20.6. The van der Waals surface area contributed by atoms with Gasteiger partial charge in [-0.25, -0.2) is 0 Å². The minimum atomic E-state index is -0.0216. The second-order valence-electron chi connectivity index (χ2n) is 8.05. The van der Waals surface area contributed by atoms with Gasteiger partial charge in [-0.15, -0.1) is 0 Å². The summed E-state index contributed by atoms with van der Waals surface area (Å²) in [4.78, 5) is 15.3. The van der Waals surface area contributed by atoms with Crippen LogP contribution in [0.4, 0.5) is 0 Å². The summed E-state index contributed by atoms with van der Waals surface area (Å²) in [7, 11) is 1.68. The molecule has 0 aliphatic carbocycles. The molecule has 2 aromatic rings. The number of nitrogens with one attached hydrogen (secondary N) is 1. The van der Waals surface area contributed by atoms with Gasteiger partial charge in [0, 0.05) is 12.1 Å². The summed E-state index contributed by atoms with van der Waals surface area (Å²) < 4.78 is 5.35. The number of hydrogen-bond acceptors (Lipinski definition) is 3. The molecule has 1 fully saturated rings. The molecule has 1 heterocycles. The SMILES string of the molecule is CC[C@@H](NC(=O)c1ccc(CN2CCCCCC2)cc1)c1ccc(OC)c(C)c1. The quantitative estimate of drug-likeness (QED) is 0.696. The molecule has 1 saturated heterocycles. The van der Waals surface area contributed by atoms with Crippen LogP contribution in [0.1, 0.15) is 72.1 Å². The highest BCUT2D eigenvalue weighted by atomic mass is 16.5. The third-order valence-electron chi connectivity index (χ3n) is 5.86. The summed E-state index contributed by atoms with van der Waals surface area (Å²) >= 11 is 0. The van der Waals surface area contributed by atoms with Crippen molar-refractivity contribution in [3.05, 3.63) is 64.7 Å². The zero-order valence-electron chi connectivity index (χ0n) is 18.0. The number of likely N-dealkylation sites (tertiary alicyclic amines) is 1. The molecular formula is C25H34N2O2. The number of rotatable bonds is 7. The monoisotopic (exact) mass is 394 g/mol. The van der Waals surface area contributed by atoms with Gasteiger partial charge in [0.25, 0.3) is 5.91 Å². The number of hydrogen-bond donors (Lipinski definition) is 1. The zero-order valence-corrected chi connectivity index (χ0v) is 18.0. The van der Waals surface area contributed by atoms with Crippen molar-refractivity contribution < 1.29 is 9.53 Å². The first-order chi connectivity index (χ1) is 14.1. The van der Waals surface area contributed by atoms with Crippen molar-refractivity contribution in [3.8, 4) is 5.75 Å². The molecule has 1 N–H and O–H groups in total. The fourth-order valence-corrected chi connectivity index (χ4v) is 4.10. The molecule has 3 rings (SSSR count). The Kier molecular flexibility index (Phi) is 7.70. The molecule has 29 heavy (non-hydrogen) atoms. The number of nitrogens with zero attached hydrogens (tertiary/aromatic N) is 1. The summed E-state index contributed by atoms with van der Waals surface area (Å²) in [6, 6.07) is 14.2. The van der Waals surface area contributed by atoms with Crippen LogP contribution in [-0.4, -0.2) is 31.0 Å². The van der Waals surface area contributed by atoms with Crippen LogP contribution in [-0.2, 0) is 6.54 Å². The van der Waals surface area contributed by atoms with E-state index in [0.29, 0.717) is 5.56 Å². The Balaban J connectivity index is 1.62. The molecule has 1 amide bonds. The van der Waals surface area contributed by atoms with Crippen LogP contribution < -0.4 is 10.1 Å². The molecule has 1 atom stereocenters. The highest BCUT2D eigenvalue weighted by molar-refractivity contribution is 5.94. The third kappa shape index (κ3) is 5.83. The Bertz CT molecular complexity index is 793. The maximum Gasteiger partial charge on any atom is 0.251 e. The van der Waals surface area contributed by atoms with Gasteiger partial charge in [-0.3, -0.25) is 9.69 Å². The Morgan fingerprint density at radius 2 is 1.76 bits per heavy atom. The van der Waals surface area contributed by atoms with Crippen molar-refractivity contribution in [3.63, 3.8) is 0 Å². The summed E-state index contributed by atoms with van der Waals surface area (Å²) in [5.74, 6) is 0.849. The number of methoxy groups -OCH3 is 1. The van der Waals surface area contributed by atoms with Crippen LogP contribution in [0, 0.1) is 6.92 Å². The maximum atomic E-state index is 12.8. The molecule has 0 unspecified atom stereocenters. The molecule has 2 aromatic carbocycles. The van der Waals surface area contributed by atoms with Crippen molar-refractivity contribution in [2.24, 2.45) is 0 Å². The normalized spacial score (nSPS) is 16.1. The molecule has 0 saturated carbocycles. The lowest BCUT2D eigenvalue weighted by atomic mass is 10.0. The second kappa shape index (κ2) is 10.4. The van der Waals surface area contributed by atoms with Gasteiger partial charge < -0.3 is 10.1 Å². The Labute approximate surface area is 175 Å². The van der Waals surface area contributed by atoms with E-state index >= 15 is 0 Å². The van der Waals surface area contributed by atoms with Gasteiger partial charge in [0.05, 0.1) is 13.2 Å². The van der Waals surface area contributed by atoms with E-state index in [1.54, 1.807) is 7.11 Å². The second-order valence-corrected chi connectivity index (χ2v) is 8.05. The fraction of sp³-hybridized carbons (Fsp3) is 0.480. The first-order valence-corrected chi connectivity index (χ1v) is 10.9. The first-order valence-electron chi connectivity index (χ1n) is 10.9. The van der Waals surface area contributed by atoms with E-state index in [2.05, 4.69) is 35.3 Å². The summed E-state index contributed by atoms with van der Waals surface area (Å²) in [5, 5.41) is 3.18. The predicted molar refractivity (Wildman–Crippen MR) is 118 cm³/mol. The Hall–Kier alpha value is -2.33. The predicted octanol–water partition coefficient (Wildman–Crippen LogP) is 5.26. The van der Waals surface area contributed by atoms with Crippen LogP contribution >= 0.6 is 0 Å². The minimum Gasteiger partial charge on any atom is -0.496 e. The van der Waals surface area contributed by atoms with E-state index in [1.807, 2.05) is 31.2 Å². The highest BCUT2D eigenvalue weighted by Gasteiger charge is 2.16. The van der Waals surface area contributed by atoms with E-state index < -0.39 is 0 Å². The van der Waals surface area contributed by atoms with Crippen LogP contribution in [0.3, 0.4) is 0 Å². The lowest BCUT2D eigenvalue weighted by molar-refractivity contribution is 0.0935. The Morgan fingerprint density at radius 1 is 1.07 bits per heavy atom. The fourth-order valence-electron chi connectivity index (χ4n) is 4.10. The number of amides is 1. The van der Waals surface area contributed by atoms with Crippen molar-refractivity contribution >= 4 is 5.91 Å². The summed E-state index contributed by atoms with van der Waals surface area (Å²) in [5.41, 5.74) is 4.18. The van der Waals surface area contributed by atoms with E-state index in [1.165, 1.54) is 44.3 Å². The number of ether oxygens (including phenoxy) is 1. The standard InChI is InChI=1S/C25H34N2O2/c1-4-23(22-13-14-24(29-3)19(2)17-22)26-25(28)21-11-9-20(10-12-21)18-27-15-7-5-6-8-16-27/h9-14,17,23H,4-8,15-16,18H2,1-3H3,(H,26,28)/t23-/m1/s1. The van der Waals surface area contributed by atoms with Crippen molar-refractivity contribution in [2.75, 3.05) is 20.2 Å². The minimum absolute atomic E-state index is 0.0103. The van der Waals surface area contributed by atoms with Gasteiger partial charge in [-0.05, 0) is 74.2 Å². The molecule has 1 aliphatic rings. The molecule has 0 aromatic heterocycles. The molecule has 4 heteroatoms. The van der Waals surface area contributed by atoms with Gasteiger partial charge in [-0.2, -0.15) is 0 Å². The van der Waals surface area contributed by atoms with Crippen molar-refractivity contribution in [1.82, 2.24) is 10.2 Å². The molecule has 156 valence electrons. The van der Waals surface area contributed by atoms with Gasteiger partial charge in [-0.1, -0.05) is 44.0 Å². The van der Waals surface area contributed by atoms with E-state index in [-0.39, 0.29) is 11.9 Å². The van der Waals surface area contributed by atoms with Gasteiger partial charge in [0.2, 0.25) is 0 Å². The van der Waals surface area contributed by atoms with Crippen LogP contribution in [0.5, 0.6) is 5.75 Å². The van der Waals surface area contributed by atoms with Crippen LogP contribution in [0.2, 0.25) is 0 Å². The Morgan fingerprint density at radius 3 is 2.34 bits per heavy atom. The number of carbonyl (C=O) groups is 1. The molecule has 1 aliphatic heterocycles. The number of aryl methyl sites for hydroxylation is 1. The van der Waals surface area contributed by atoms with Gasteiger partial charge in [0.1, 0.15) is 5.75 Å². The molecule has 0 bridgehead atoms. The molecular weight excluding hydrogens is 360 g/mol. The topological polar surface area (TPSA) is 41.6 Å². The van der Waals surface area contributed by atoms with Crippen LogP contribution in [0.15, 0.2) is 42.5 Å². The highest BCUT2D eigenvalue weighted by Crippen LogP contribution is 2.24. The van der Waals surface area contributed by atoms with E-state index in [0.717, 1.165) is 29.8 Å². The van der Waals surface area contributed by atoms with E-state index in [4.69, 9.17) is 4.74 Å². The molecule has 0 radical (unpaired) electrons. The first kappa shape index (κ1) is 21.4.